The van der Waals surface area contributed by atoms with Gasteiger partial charge in [0.05, 0.1) is 4.90 Å². The Morgan fingerprint density at radius 2 is 1.67 bits per heavy atom. The Bertz CT molecular complexity index is 965. The highest BCUT2D eigenvalue weighted by atomic mass is 35.5. The molecule has 3 aromatic rings. The molecule has 1 heterocycles. The maximum Gasteiger partial charge on any atom is 0.261 e. The van der Waals surface area contributed by atoms with Crippen molar-refractivity contribution in [2.24, 2.45) is 7.05 Å². The van der Waals surface area contributed by atoms with Crippen LogP contribution >= 0.6 is 23.2 Å². The number of aryl methyl sites for hydroxylation is 1. The van der Waals surface area contributed by atoms with Crippen molar-refractivity contribution in [2.75, 3.05) is 4.72 Å². The third kappa shape index (κ3) is 3.53. The number of anilines is 1. The minimum atomic E-state index is -3.79. The Morgan fingerprint density at radius 1 is 1.04 bits per heavy atom. The van der Waals surface area contributed by atoms with Gasteiger partial charge in [-0.05, 0) is 42.5 Å². The van der Waals surface area contributed by atoms with Gasteiger partial charge < -0.3 is 4.57 Å². The van der Waals surface area contributed by atoms with Crippen LogP contribution < -0.4 is 4.72 Å². The van der Waals surface area contributed by atoms with E-state index in [0.29, 0.717) is 11.5 Å². The number of aromatic nitrogens is 3. The van der Waals surface area contributed by atoms with E-state index in [4.69, 9.17) is 23.2 Å². The first-order valence-electron chi connectivity index (χ1n) is 6.78. The first-order chi connectivity index (χ1) is 11.3. The molecule has 0 aliphatic heterocycles. The van der Waals surface area contributed by atoms with Crippen molar-refractivity contribution in [1.82, 2.24) is 14.8 Å². The molecule has 6 nitrogen and oxygen atoms in total. The third-order valence-corrected chi connectivity index (χ3v) is 5.05. The van der Waals surface area contributed by atoms with Gasteiger partial charge in [-0.15, -0.1) is 10.2 Å². The lowest BCUT2D eigenvalue weighted by molar-refractivity contribution is 0.601. The van der Waals surface area contributed by atoms with Gasteiger partial charge in [0, 0.05) is 28.3 Å². The predicted molar refractivity (Wildman–Crippen MR) is 93.7 cm³/mol. The molecule has 0 bridgehead atoms. The molecule has 0 spiro atoms. The molecule has 3 rings (SSSR count). The molecule has 0 aliphatic rings. The lowest BCUT2D eigenvalue weighted by Gasteiger charge is -2.09. The van der Waals surface area contributed by atoms with Gasteiger partial charge in [0.2, 0.25) is 0 Å². The van der Waals surface area contributed by atoms with Crippen LogP contribution in [0.5, 0.6) is 0 Å². The molecule has 0 unspecified atom stereocenters. The predicted octanol–water partition coefficient (Wildman–Crippen LogP) is 3.59. The Kier molecular flexibility index (Phi) is 4.49. The van der Waals surface area contributed by atoms with Crippen molar-refractivity contribution in [1.29, 1.82) is 0 Å². The van der Waals surface area contributed by atoms with Crippen LogP contribution in [-0.4, -0.2) is 23.2 Å². The maximum atomic E-state index is 12.4. The summed E-state index contributed by atoms with van der Waals surface area (Å²) in [5.41, 5.74) is 1.24. The fraction of sp³-hybridized carbons (Fsp3) is 0.0667. The lowest BCUT2D eigenvalue weighted by Crippen LogP contribution is -2.12. The summed E-state index contributed by atoms with van der Waals surface area (Å²) in [4.78, 5) is -0.00243. The number of hydrogen-bond donors (Lipinski definition) is 1. The highest BCUT2D eigenvalue weighted by Crippen LogP contribution is 2.25. The number of benzene rings is 2. The Morgan fingerprint density at radius 3 is 2.21 bits per heavy atom. The minimum absolute atomic E-state index is 0.00243. The number of nitrogens with zero attached hydrogens (tertiary/aromatic N) is 3. The fourth-order valence-corrected chi connectivity index (χ4v) is 3.91. The first kappa shape index (κ1) is 16.8. The lowest BCUT2D eigenvalue weighted by atomic mass is 10.2. The van der Waals surface area contributed by atoms with Gasteiger partial charge in [-0.2, -0.15) is 0 Å². The van der Waals surface area contributed by atoms with Gasteiger partial charge in [-0.3, -0.25) is 4.72 Å². The Balaban J connectivity index is 1.86. The van der Waals surface area contributed by atoms with Crippen LogP contribution in [0.15, 0.2) is 53.7 Å². The summed E-state index contributed by atoms with van der Waals surface area (Å²) in [7, 11) is -1.96. The standard InChI is InChI=1S/C15H12Cl2N4O2S/c1-21-9-18-19-15(21)10-2-4-13(5-3-10)20-24(22,23)14-7-11(16)6-12(17)8-14/h2-9,20H,1H3. The topological polar surface area (TPSA) is 76.9 Å². The van der Waals surface area contributed by atoms with E-state index in [1.54, 1.807) is 35.2 Å². The maximum absolute atomic E-state index is 12.4. The third-order valence-electron chi connectivity index (χ3n) is 3.25. The monoisotopic (exact) mass is 382 g/mol. The molecule has 0 saturated heterocycles. The number of rotatable bonds is 4. The Labute approximate surface area is 149 Å². The second kappa shape index (κ2) is 6.43. The molecule has 0 aliphatic carbocycles. The first-order valence-corrected chi connectivity index (χ1v) is 9.02. The summed E-state index contributed by atoms with van der Waals surface area (Å²) in [5.74, 6) is 0.686. The SMILES string of the molecule is Cn1cnnc1-c1ccc(NS(=O)(=O)c2cc(Cl)cc(Cl)c2)cc1. The molecule has 0 atom stereocenters. The van der Waals surface area contributed by atoms with E-state index < -0.39 is 10.0 Å². The van der Waals surface area contributed by atoms with Crippen molar-refractivity contribution in [3.63, 3.8) is 0 Å². The molecule has 124 valence electrons. The molecule has 0 saturated carbocycles. The van der Waals surface area contributed by atoms with E-state index in [9.17, 15) is 8.42 Å². The molecular formula is C15H12Cl2N4O2S. The quantitative estimate of drug-likeness (QED) is 0.747. The van der Waals surface area contributed by atoms with Crippen LogP contribution in [-0.2, 0) is 17.1 Å². The molecule has 0 fully saturated rings. The number of nitrogens with one attached hydrogen (secondary N) is 1. The molecule has 24 heavy (non-hydrogen) atoms. The highest BCUT2D eigenvalue weighted by Gasteiger charge is 2.16. The molecule has 9 heteroatoms. The molecular weight excluding hydrogens is 371 g/mol. The van der Waals surface area contributed by atoms with Crippen LogP contribution in [0.3, 0.4) is 0 Å². The summed E-state index contributed by atoms with van der Waals surface area (Å²) in [6, 6.07) is 11.0. The largest absolute Gasteiger partial charge is 0.317 e. The molecule has 0 amide bonds. The van der Waals surface area contributed by atoms with E-state index in [1.807, 2.05) is 7.05 Å². The van der Waals surface area contributed by atoms with Gasteiger partial charge in [-0.25, -0.2) is 8.42 Å². The van der Waals surface area contributed by atoms with E-state index in [-0.39, 0.29) is 14.9 Å². The zero-order valence-corrected chi connectivity index (χ0v) is 14.8. The summed E-state index contributed by atoms with van der Waals surface area (Å²) < 4.78 is 29.1. The van der Waals surface area contributed by atoms with Crippen LogP contribution in [0.4, 0.5) is 5.69 Å². The van der Waals surface area contributed by atoms with Crippen LogP contribution in [0.25, 0.3) is 11.4 Å². The average Bonchev–Trinajstić information content (AvgIpc) is 2.93. The van der Waals surface area contributed by atoms with Crippen molar-refractivity contribution in [3.8, 4) is 11.4 Å². The van der Waals surface area contributed by atoms with Crippen molar-refractivity contribution < 1.29 is 8.42 Å². The van der Waals surface area contributed by atoms with E-state index in [0.717, 1.165) is 5.56 Å². The van der Waals surface area contributed by atoms with E-state index in [2.05, 4.69) is 14.9 Å². The van der Waals surface area contributed by atoms with Gasteiger partial charge >= 0.3 is 0 Å². The summed E-state index contributed by atoms with van der Waals surface area (Å²) >= 11 is 11.7. The van der Waals surface area contributed by atoms with Gasteiger partial charge in [-0.1, -0.05) is 23.2 Å². The summed E-state index contributed by atoms with van der Waals surface area (Å²) in [6.07, 6.45) is 1.59. The second-order valence-corrected chi connectivity index (χ2v) is 7.61. The minimum Gasteiger partial charge on any atom is -0.317 e. The van der Waals surface area contributed by atoms with Gasteiger partial charge in [0.1, 0.15) is 6.33 Å². The van der Waals surface area contributed by atoms with Gasteiger partial charge in [0.15, 0.2) is 5.82 Å². The van der Waals surface area contributed by atoms with Crippen molar-refractivity contribution >= 4 is 38.9 Å². The zero-order valence-electron chi connectivity index (χ0n) is 12.4. The number of halogens is 2. The highest BCUT2D eigenvalue weighted by molar-refractivity contribution is 7.92. The zero-order chi connectivity index (χ0) is 17.3. The van der Waals surface area contributed by atoms with Crippen molar-refractivity contribution in [3.05, 3.63) is 58.8 Å². The smallest absolute Gasteiger partial charge is 0.261 e. The van der Waals surface area contributed by atoms with Crippen LogP contribution in [0.2, 0.25) is 10.0 Å². The van der Waals surface area contributed by atoms with Crippen molar-refractivity contribution in [2.45, 2.75) is 4.90 Å². The molecule has 2 aromatic carbocycles. The van der Waals surface area contributed by atoms with E-state index in [1.165, 1.54) is 18.2 Å². The average molecular weight is 383 g/mol. The Hall–Kier alpha value is -2.09. The van der Waals surface area contributed by atoms with Crippen LogP contribution in [0.1, 0.15) is 0 Å². The van der Waals surface area contributed by atoms with Gasteiger partial charge in [0.25, 0.3) is 10.0 Å². The normalized spacial score (nSPS) is 11.5. The fourth-order valence-electron chi connectivity index (χ4n) is 2.13. The molecule has 1 aromatic heterocycles. The second-order valence-electron chi connectivity index (χ2n) is 5.05. The van der Waals surface area contributed by atoms with E-state index >= 15 is 0 Å². The number of hydrogen-bond acceptors (Lipinski definition) is 4. The summed E-state index contributed by atoms with van der Waals surface area (Å²) in [6.45, 7) is 0. The van der Waals surface area contributed by atoms with Crippen LogP contribution in [0, 0.1) is 0 Å². The molecule has 1 N–H and O–H groups in total. The molecule has 0 radical (unpaired) electrons. The number of sulfonamides is 1. The summed E-state index contributed by atoms with van der Waals surface area (Å²) in [5, 5.41) is 8.32.